The summed E-state index contributed by atoms with van der Waals surface area (Å²) < 4.78 is 10.4. The maximum absolute atomic E-state index is 8.95. The lowest BCUT2D eigenvalue weighted by Gasteiger charge is -2.45. The Labute approximate surface area is 78.2 Å². The summed E-state index contributed by atoms with van der Waals surface area (Å²) in [6.45, 7) is 6.26. The van der Waals surface area contributed by atoms with Gasteiger partial charge in [0.05, 0.1) is 0 Å². The van der Waals surface area contributed by atoms with Gasteiger partial charge in [-0.25, -0.2) is 0 Å². The Balaban J connectivity index is 2.24. The summed E-state index contributed by atoms with van der Waals surface area (Å²) in [4.78, 5) is 0. The van der Waals surface area contributed by atoms with E-state index in [9.17, 15) is 0 Å². The van der Waals surface area contributed by atoms with E-state index in [1.54, 1.807) is 0 Å². The van der Waals surface area contributed by atoms with Crippen LogP contribution in [0.5, 0.6) is 0 Å². The fraction of sp³-hybridized carbons (Fsp3) is 0.556. The minimum absolute atomic E-state index is 0.0103. The van der Waals surface area contributed by atoms with Gasteiger partial charge in [0.2, 0.25) is 0 Å². The average Bonchev–Trinajstić information content (AvgIpc) is 2.28. The van der Waals surface area contributed by atoms with E-state index in [2.05, 4.69) is 20.8 Å². The van der Waals surface area contributed by atoms with Crippen molar-refractivity contribution in [3.05, 3.63) is 23.8 Å². The molecule has 1 fully saturated rings. The molecular formula is C9H13BO3. The summed E-state index contributed by atoms with van der Waals surface area (Å²) in [6, 6.07) is 0. The molecule has 1 spiro atoms. The largest absolute Gasteiger partial charge is 0.641 e. The average molecular weight is 180 g/mol. The number of allylic oxidation sites excluding steroid dienone is 2. The van der Waals surface area contributed by atoms with E-state index in [0.29, 0.717) is 0 Å². The summed E-state index contributed by atoms with van der Waals surface area (Å²) in [5.41, 5.74) is 1.04. The minimum Gasteiger partial charge on any atom is -0.401 e. The van der Waals surface area contributed by atoms with Gasteiger partial charge in [-0.2, -0.15) is 0 Å². The van der Waals surface area contributed by atoms with Crippen LogP contribution in [-0.4, -0.2) is 18.1 Å². The Hall–Kier alpha value is -0.575. The molecule has 1 aliphatic carbocycles. The normalized spacial score (nSPS) is 24.9. The van der Waals surface area contributed by atoms with Gasteiger partial charge in [0.1, 0.15) is 0 Å². The minimum atomic E-state index is -1.08. The van der Waals surface area contributed by atoms with Gasteiger partial charge in [0.25, 0.3) is 0 Å². The summed E-state index contributed by atoms with van der Waals surface area (Å²) >= 11 is 0. The zero-order valence-electron chi connectivity index (χ0n) is 8.07. The molecule has 1 heterocycles. The lowest BCUT2D eigenvalue weighted by molar-refractivity contribution is -0.187. The van der Waals surface area contributed by atoms with Crippen molar-refractivity contribution in [2.24, 2.45) is 5.41 Å². The van der Waals surface area contributed by atoms with E-state index in [0.717, 1.165) is 5.57 Å². The third-order valence-corrected chi connectivity index (χ3v) is 2.31. The molecular weight excluding hydrogens is 167 g/mol. The topological polar surface area (TPSA) is 38.7 Å². The summed E-state index contributed by atoms with van der Waals surface area (Å²) in [5, 5.41) is 8.95. The monoisotopic (exact) mass is 180 g/mol. The van der Waals surface area contributed by atoms with Gasteiger partial charge in [-0.15, -0.1) is 0 Å². The predicted octanol–water partition coefficient (Wildman–Crippen LogP) is 1.25. The SMILES string of the molecule is CC(C)(C)C1=CC=CC12OB(O)O2. The standard InChI is InChI=1S/C9H13BO3/c1-8(2,3)7-5-4-6-9(7)12-10(11)13-9/h4-6,11H,1-3H3. The second kappa shape index (κ2) is 2.47. The number of hydrogen-bond acceptors (Lipinski definition) is 3. The molecule has 0 bridgehead atoms. The molecule has 4 heteroatoms. The van der Waals surface area contributed by atoms with Gasteiger partial charge in [-0.3, -0.25) is 0 Å². The highest BCUT2D eigenvalue weighted by atomic mass is 16.9. The smallest absolute Gasteiger partial charge is 0.401 e. The summed E-state index contributed by atoms with van der Waals surface area (Å²) in [5.74, 6) is -0.780. The summed E-state index contributed by atoms with van der Waals surface area (Å²) in [7, 11) is -1.08. The van der Waals surface area contributed by atoms with Crippen LogP contribution in [0.4, 0.5) is 0 Å². The fourth-order valence-electron chi connectivity index (χ4n) is 1.76. The van der Waals surface area contributed by atoms with Crippen LogP contribution in [0.15, 0.2) is 23.8 Å². The molecule has 1 saturated heterocycles. The Bertz CT molecular complexity index is 282. The molecule has 1 N–H and O–H groups in total. The molecule has 0 aromatic heterocycles. The van der Waals surface area contributed by atoms with Crippen molar-refractivity contribution >= 4 is 7.32 Å². The molecule has 3 nitrogen and oxygen atoms in total. The molecule has 1 aliphatic heterocycles. The number of rotatable bonds is 0. The Morgan fingerprint density at radius 1 is 1.38 bits per heavy atom. The van der Waals surface area contributed by atoms with E-state index >= 15 is 0 Å². The zero-order valence-corrected chi connectivity index (χ0v) is 8.07. The van der Waals surface area contributed by atoms with Crippen LogP contribution in [0, 0.1) is 5.41 Å². The van der Waals surface area contributed by atoms with Gasteiger partial charge >= 0.3 is 7.32 Å². The van der Waals surface area contributed by atoms with Crippen LogP contribution in [0.1, 0.15) is 20.8 Å². The van der Waals surface area contributed by atoms with Crippen molar-refractivity contribution in [2.75, 3.05) is 0 Å². The highest BCUT2D eigenvalue weighted by Gasteiger charge is 2.55. The molecule has 70 valence electrons. The molecule has 0 aromatic carbocycles. The molecule has 0 saturated carbocycles. The first-order chi connectivity index (χ1) is 5.94. The van der Waals surface area contributed by atoms with Crippen LogP contribution >= 0.6 is 0 Å². The fourth-order valence-corrected chi connectivity index (χ4v) is 1.76. The highest BCUT2D eigenvalue weighted by molar-refractivity contribution is 6.37. The van der Waals surface area contributed by atoms with Crippen LogP contribution in [0.3, 0.4) is 0 Å². The van der Waals surface area contributed by atoms with E-state index in [4.69, 9.17) is 14.3 Å². The van der Waals surface area contributed by atoms with E-state index in [1.807, 2.05) is 18.2 Å². The maximum Gasteiger partial charge on any atom is 0.641 e. The van der Waals surface area contributed by atoms with Crippen molar-refractivity contribution in [1.29, 1.82) is 0 Å². The third kappa shape index (κ3) is 1.26. The van der Waals surface area contributed by atoms with Crippen molar-refractivity contribution in [1.82, 2.24) is 0 Å². The van der Waals surface area contributed by atoms with Crippen molar-refractivity contribution in [2.45, 2.75) is 26.6 Å². The lowest BCUT2D eigenvalue weighted by atomic mass is 9.80. The molecule has 2 aliphatic rings. The third-order valence-electron chi connectivity index (χ3n) is 2.31. The first-order valence-corrected chi connectivity index (χ1v) is 4.38. The Kier molecular flexibility index (Phi) is 1.71. The van der Waals surface area contributed by atoms with Gasteiger partial charge in [0, 0.05) is 0 Å². The van der Waals surface area contributed by atoms with Gasteiger partial charge in [0.15, 0.2) is 5.79 Å². The highest BCUT2D eigenvalue weighted by Crippen LogP contribution is 2.45. The van der Waals surface area contributed by atoms with Crippen molar-refractivity contribution in [3.63, 3.8) is 0 Å². The van der Waals surface area contributed by atoms with Crippen LogP contribution < -0.4 is 0 Å². The predicted molar refractivity (Wildman–Crippen MR) is 49.6 cm³/mol. The number of hydrogen-bond donors (Lipinski definition) is 1. The molecule has 0 radical (unpaired) electrons. The molecule has 13 heavy (non-hydrogen) atoms. The zero-order chi connectivity index (χ0) is 9.69. The Morgan fingerprint density at radius 3 is 2.46 bits per heavy atom. The summed E-state index contributed by atoms with van der Waals surface area (Å²) in [6.07, 6.45) is 5.69. The molecule has 0 aromatic rings. The van der Waals surface area contributed by atoms with Crippen molar-refractivity contribution in [3.8, 4) is 0 Å². The molecule has 2 rings (SSSR count). The van der Waals surface area contributed by atoms with Crippen LogP contribution in [0.2, 0.25) is 0 Å². The van der Waals surface area contributed by atoms with Crippen LogP contribution in [-0.2, 0) is 9.31 Å². The van der Waals surface area contributed by atoms with Gasteiger partial charge in [-0.1, -0.05) is 32.9 Å². The second-order valence-corrected chi connectivity index (χ2v) is 4.40. The Morgan fingerprint density at radius 2 is 2.00 bits per heavy atom. The molecule has 0 atom stereocenters. The molecule has 0 amide bonds. The van der Waals surface area contributed by atoms with E-state index < -0.39 is 13.1 Å². The second-order valence-electron chi connectivity index (χ2n) is 4.40. The first-order valence-electron chi connectivity index (χ1n) is 4.38. The first kappa shape index (κ1) is 9.00. The molecule has 0 unspecified atom stereocenters. The van der Waals surface area contributed by atoms with E-state index in [-0.39, 0.29) is 5.41 Å². The van der Waals surface area contributed by atoms with E-state index in [1.165, 1.54) is 0 Å². The van der Waals surface area contributed by atoms with Gasteiger partial charge in [-0.05, 0) is 17.1 Å². The van der Waals surface area contributed by atoms with Crippen molar-refractivity contribution < 1.29 is 14.3 Å². The lowest BCUT2D eigenvalue weighted by Crippen LogP contribution is -2.57. The quantitative estimate of drug-likeness (QED) is 0.570. The maximum atomic E-state index is 8.95. The van der Waals surface area contributed by atoms with Gasteiger partial charge < -0.3 is 14.3 Å². The van der Waals surface area contributed by atoms with Crippen LogP contribution in [0.25, 0.3) is 0 Å².